The largest absolute Gasteiger partial charge is 0.259 e. The van der Waals surface area contributed by atoms with E-state index in [9.17, 15) is 10.1 Å². The molecule has 0 spiro atoms. The van der Waals surface area contributed by atoms with Crippen molar-refractivity contribution in [2.45, 2.75) is 39.5 Å². The standard InChI is InChI=1S/C8H15NO2/c1-3-5-6-7-8(4-2)9(10)11/h7H,3-6H2,1-2H3/b8-7-. The smallest absolute Gasteiger partial charge is 0.242 e. The van der Waals surface area contributed by atoms with Crippen LogP contribution in [0, 0.1) is 10.1 Å². The van der Waals surface area contributed by atoms with Crippen LogP contribution >= 0.6 is 0 Å². The fraction of sp³-hybridized carbons (Fsp3) is 0.750. The number of rotatable bonds is 5. The Morgan fingerprint density at radius 2 is 2.18 bits per heavy atom. The lowest BCUT2D eigenvalue weighted by Crippen LogP contribution is -1.96. The number of hydrogen-bond donors (Lipinski definition) is 0. The summed E-state index contributed by atoms with van der Waals surface area (Å²) in [6.07, 6.45) is 5.21. The molecule has 0 aromatic heterocycles. The fourth-order valence-corrected chi connectivity index (χ4v) is 0.821. The van der Waals surface area contributed by atoms with Crippen LogP contribution < -0.4 is 0 Å². The molecule has 0 unspecified atom stereocenters. The zero-order valence-electron chi connectivity index (χ0n) is 7.17. The van der Waals surface area contributed by atoms with E-state index in [2.05, 4.69) is 6.92 Å². The number of unbranched alkanes of at least 4 members (excludes halogenated alkanes) is 2. The molecule has 0 saturated heterocycles. The van der Waals surface area contributed by atoms with E-state index < -0.39 is 0 Å². The molecule has 0 amide bonds. The molecule has 0 aliphatic rings. The van der Waals surface area contributed by atoms with Crippen molar-refractivity contribution >= 4 is 0 Å². The molecule has 0 aromatic rings. The summed E-state index contributed by atoms with van der Waals surface area (Å²) in [6, 6.07) is 0. The molecule has 0 bridgehead atoms. The van der Waals surface area contributed by atoms with E-state index in [4.69, 9.17) is 0 Å². The van der Waals surface area contributed by atoms with Gasteiger partial charge in [-0.1, -0.05) is 20.3 Å². The van der Waals surface area contributed by atoms with Crippen LogP contribution in [0.2, 0.25) is 0 Å². The molecule has 3 heteroatoms. The summed E-state index contributed by atoms with van der Waals surface area (Å²) >= 11 is 0. The van der Waals surface area contributed by atoms with Gasteiger partial charge in [0.2, 0.25) is 5.70 Å². The maximum absolute atomic E-state index is 10.3. The third-order valence-electron chi connectivity index (χ3n) is 1.53. The van der Waals surface area contributed by atoms with Crippen molar-refractivity contribution in [1.82, 2.24) is 0 Å². The Bertz CT molecular complexity index is 152. The third-order valence-corrected chi connectivity index (χ3v) is 1.53. The van der Waals surface area contributed by atoms with Gasteiger partial charge in [-0.05, 0) is 18.9 Å². The van der Waals surface area contributed by atoms with E-state index in [0.29, 0.717) is 12.1 Å². The minimum atomic E-state index is -0.296. The van der Waals surface area contributed by atoms with Gasteiger partial charge in [0.1, 0.15) is 0 Å². The topological polar surface area (TPSA) is 43.1 Å². The van der Waals surface area contributed by atoms with Crippen LogP contribution in [0.1, 0.15) is 39.5 Å². The number of nitro groups is 1. The first-order chi connectivity index (χ1) is 5.22. The van der Waals surface area contributed by atoms with Crippen molar-refractivity contribution in [3.63, 3.8) is 0 Å². The Morgan fingerprint density at radius 1 is 1.55 bits per heavy atom. The normalized spacial score (nSPS) is 11.6. The van der Waals surface area contributed by atoms with Crippen LogP contribution in [-0.2, 0) is 0 Å². The van der Waals surface area contributed by atoms with Gasteiger partial charge in [-0.3, -0.25) is 10.1 Å². The van der Waals surface area contributed by atoms with E-state index >= 15 is 0 Å². The monoisotopic (exact) mass is 157 g/mol. The quantitative estimate of drug-likeness (QED) is 0.350. The Hall–Kier alpha value is -0.860. The SMILES string of the molecule is CCCC/C=C(/CC)[N+](=O)[O-]. The van der Waals surface area contributed by atoms with Crippen molar-refractivity contribution in [1.29, 1.82) is 0 Å². The van der Waals surface area contributed by atoms with Crippen LogP contribution in [-0.4, -0.2) is 4.92 Å². The van der Waals surface area contributed by atoms with E-state index in [0.717, 1.165) is 19.3 Å². The molecule has 0 fully saturated rings. The van der Waals surface area contributed by atoms with Gasteiger partial charge < -0.3 is 0 Å². The zero-order valence-corrected chi connectivity index (χ0v) is 7.17. The van der Waals surface area contributed by atoms with E-state index in [1.165, 1.54) is 0 Å². The minimum absolute atomic E-state index is 0.296. The Labute approximate surface area is 67.3 Å². The highest BCUT2D eigenvalue weighted by atomic mass is 16.6. The summed E-state index contributed by atoms with van der Waals surface area (Å²) in [7, 11) is 0. The second-order valence-electron chi connectivity index (χ2n) is 2.45. The summed E-state index contributed by atoms with van der Waals surface area (Å²) in [5.41, 5.74) is 0.346. The Morgan fingerprint density at radius 3 is 2.55 bits per heavy atom. The van der Waals surface area contributed by atoms with Crippen LogP contribution in [0.4, 0.5) is 0 Å². The predicted octanol–water partition coefficient (Wildman–Crippen LogP) is 2.75. The number of nitrogens with zero attached hydrogens (tertiary/aromatic N) is 1. The van der Waals surface area contributed by atoms with Gasteiger partial charge in [0, 0.05) is 6.42 Å². The van der Waals surface area contributed by atoms with E-state index in [-0.39, 0.29) is 4.92 Å². The van der Waals surface area contributed by atoms with Gasteiger partial charge in [-0.2, -0.15) is 0 Å². The summed E-state index contributed by atoms with van der Waals surface area (Å²) in [4.78, 5) is 9.97. The van der Waals surface area contributed by atoms with Crippen molar-refractivity contribution in [2.75, 3.05) is 0 Å². The molecular weight excluding hydrogens is 142 g/mol. The van der Waals surface area contributed by atoms with E-state index in [1.807, 2.05) is 0 Å². The van der Waals surface area contributed by atoms with Crippen LogP contribution in [0.25, 0.3) is 0 Å². The van der Waals surface area contributed by atoms with Crippen LogP contribution in [0.3, 0.4) is 0 Å². The first kappa shape index (κ1) is 10.1. The van der Waals surface area contributed by atoms with Gasteiger partial charge >= 0.3 is 0 Å². The summed E-state index contributed by atoms with van der Waals surface area (Å²) in [5.74, 6) is 0. The van der Waals surface area contributed by atoms with Gasteiger partial charge in [-0.25, -0.2) is 0 Å². The average Bonchev–Trinajstić information content (AvgIpc) is 1.97. The molecule has 0 atom stereocenters. The molecule has 0 N–H and O–H groups in total. The average molecular weight is 157 g/mol. The molecule has 0 aliphatic heterocycles. The van der Waals surface area contributed by atoms with Crippen LogP contribution in [0.5, 0.6) is 0 Å². The second-order valence-corrected chi connectivity index (χ2v) is 2.45. The molecular formula is C8H15NO2. The molecule has 0 aromatic carbocycles. The zero-order chi connectivity index (χ0) is 8.69. The van der Waals surface area contributed by atoms with Gasteiger partial charge in [0.05, 0.1) is 4.92 Å². The van der Waals surface area contributed by atoms with E-state index in [1.54, 1.807) is 13.0 Å². The molecule has 64 valence electrons. The lowest BCUT2D eigenvalue weighted by atomic mass is 10.2. The number of allylic oxidation sites excluding steroid dienone is 2. The molecule has 0 saturated carbocycles. The summed E-state index contributed by atoms with van der Waals surface area (Å²) < 4.78 is 0. The Kier molecular flexibility index (Phi) is 5.43. The van der Waals surface area contributed by atoms with Crippen molar-refractivity contribution in [2.24, 2.45) is 0 Å². The van der Waals surface area contributed by atoms with Crippen LogP contribution in [0.15, 0.2) is 11.8 Å². The minimum Gasteiger partial charge on any atom is -0.259 e. The summed E-state index contributed by atoms with van der Waals surface area (Å²) in [5, 5.41) is 10.3. The predicted molar refractivity (Wildman–Crippen MR) is 44.9 cm³/mol. The lowest BCUT2D eigenvalue weighted by molar-refractivity contribution is -0.427. The van der Waals surface area contributed by atoms with Gasteiger partial charge in [0.15, 0.2) is 0 Å². The second kappa shape index (κ2) is 5.89. The maximum atomic E-state index is 10.3. The van der Waals surface area contributed by atoms with Gasteiger partial charge in [0.25, 0.3) is 0 Å². The first-order valence-corrected chi connectivity index (χ1v) is 4.05. The van der Waals surface area contributed by atoms with Crippen molar-refractivity contribution < 1.29 is 4.92 Å². The first-order valence-electron chi connectivity index (χ1n) is 4.05. The van der Waals surface area contributed by atoms with Crippen molar-refractivity contribution in [3.8, 4) is 0 Å². The number of hydrogen-bond acceptors (Lipinski definition) is 2. The Balaban J connectivity index is 3.81. The molecule has 0 radical (unpaired) electrons. The maximum Gasteiger partial charge on any atom is 0.242 e. The molecule has 11 heavy (non-hydrogen) atoms. The summed E-state index contributed by atoms with van der Waals surface area (Å²) in [6.45, 7) is 3.88. The lowest BCUT2D eigenvalue weighted by Gasteiger charge is -1.92. The molecule has 0 heterocycles. The molecule has 3 nitrogen and oxygen atoms in total. The fourth-order valence-electron chi connectivity index (χ4n) is 0.821. The highest BCUT2D eigenvalue weighted by Crippen LogP contribution is 2.05. The van der Waals surface area contributed by atoms with Crippen molar-refractivity contribution in [3.05, 3.63) is 21.9 Å². The molecule has 0 rings (SSSR count). The highest BCUT2D eigenvalue weighted by molar-refractivity contribution is 4.89. The highest BCUT2D eigenvalue weighted by Gasteiger charge is 2.04. The third kappa shape index (κ3) is 4.53. The molecule has 0 aliphatic carbocycles. The van der Waals surface area contributed by atoms with Gasteiger partial charge in [-0.15, -0.1) is 0 Å².